The van der Waals surface area contributed by atoms with Crippen molar-refractivity contribution in [2.75, 3.05) is 0 Å². The van der Waals surface area contributed by atoms with E-state index in [9.17, 15) is 0 Å². The fraction of sp³-hybridized carbons (Fsp3) is 0.412. The van der Waals surface area contributed by atoms with E-state index in [0.29, 0.717) is 5.82 Å². The molecule has 0 N–H and O–H groups in total. The predicted molar refractivity (Wildman–Crippen MR) is 89.6 cm³/mol. The Hall–Kier alpha value is -2.50. The van der Waals surface area contributed by atoms with E-state index in [4.69, 9.17) is 10.1 Å². The number of hydrogen-bond donors (Lipinski definition) is 0. The van der Waals surface area contributed by atoms with Crippen molar-refractivity contribution in [1.29, 1.82) is 0 Å². The zero-order valence-electron chi connectivity index (χ0n) is 14.3. The van der Waals surface area contributed by atoms with Crippen LogP contribution in [0.4, 0.5) is 0 Å². The van der Waals surface area contributed by atoms with Crippen LogP contribution in [0.25, 0.3) is 22.8 Å². The lowest BCUT2D eigenvalue weighted by Crippen LogP contribution is -2.17. The molecular weight excluding hydrogens is 288 g/mol. The lowest BCUT2D eigenvalue weighted by molar-refractivity contribution is 0.327. The van der Waals surface area contributed by atoms with Gasteiger partial charge in [0.2, 0.25) is 0 Å². The van der Waals surface area contributed by atoms with Crippen molar-refractivity contribution < 1.29 is 0 Å². The smallest absolute Gasteiger partial charge is 0.183 e. The molecule has 0 radical (unpaired) electrons. The molecule has 0 saturated heterocycles. The zero-order valence-corrected chi connectivity index (χ0v) is 14.3. The van der Waals surface area contributed by atoms with Gasteiger partial charge in [-0.25, -0.2) is 9.67 Å². The summed E-state index contributed by atoms with van der Waals surface area (Å²) < 4.78 is 3.79. The summed E-state index contributed by atoms with van der Waals surface area (Å²) in [4.78, 5) is 8.93. The zero-order chi connectivity index (χ0) is 16.6. The van der Waals surface area contributed by atoms with E-state index in [2.05, 4.69) is 30.9 Å². The Bertz CT molecular complexity index is 807. The third-order valence-corrected chi connectivity index (χ3v) is 3.47. The van der Waals surface area contributed by atoms with Gasteiger partial charge in [-0.15, -0.1) is 0 Å². The van der Waals surface area contributed by atoms with Gasteiger partial charge in [-0.2, -0.15) is 10.2 Å². The Balaban J connectivity index is 2.13. The van der Waals surface area contributed by atoms with Crippen LogP contribution in [0.3, 0.4) is 0 Å². The summed E-state index contributed by atoms with van der Waals surface area (Å²) in [6, 6.07) is 3.87. The van der Waals surface area contributed by atoms with Crippen molar-refractivity contribution in [3.63, 3.8) is 0 Å². The van der Waals surface area contributed by atoms with E-state index in [0.717, 1.165) is 29.2 Å². The Morgan fingerprint density at radius 2 is 1.96 bits per heavy atom. The molecule has 0 fully saturated rings. The SMILES string of the molecule is Cc1nn(C)cc1-c1nc(-c2cccnc2)nn1CC(C)(C)C. The van der Waals surface area contributed by atoms with Gasteiger partial charge in [0.25, 0.3) is 0 Å². The number of hydrogen-bond acceptors (Lipinski definition) is 4. The maximum atomic E-state index is 4.77. The molecule has 0 bridgehead atoms. The molecule has 3 aromatic rings. The molecule has 0 aromatic carbocycles. The first kappa shape index (κ1) is 15.4. The third kappa shape index (κ3) is 3.31. The van der Waals surface area contributed by atoms with Crippen LogP contribution in [-0.4, -0.2) is 29.5 Å². The molecule has 0 aliphatic heterocycles. The van der Waals surface area contributed by atoms with Crippen molar-refractivity contribution in [3.05, 3.63) is 36.4 Å². The minimum atomic E-state index is 0.102. The maximum Gasteiger partial charge on any atom is 0.183 e. The standard InChI is InChI=1S/C17H22N6/c1-12-14(10-22(5)20-12)16-19-15(13-7-6-8-18-9-13)21-23(16)11-17(2,3)4/h6-10H,11H2,1-5H3. The van der Waals surface area contributed by atoms with Crippen LogP contribution in [0.2, 0.25) is 0 Å². The Morgan fingerprint density at radius 1 is 1.17 bits per heavy atom. The Labute approximate surface area is 136 Å². The molecule has 0 saturated carbocycles. The van der Waals surface area contributed by atoms with Crippen molar-refractivity contribution in [2.45, 2.75) is 34.2 Å². The summed E-state index contributed by atoms with van der Waals surface area (Å²) >= 11 is 0. The van der Waals surface area contributed by atoms with E-state index in [1.807, 2.05) is 41.7 Å². The van der Waals surface area contributed by atoms with E-state index < -0.39 is 0 Å². The Morgan fingerprint density at radius 3 is 2.52 bits per heavy atom. The van der Waals surface area contributed by atoms with Gasteiger partial charge < -0.3 is 0 Å². The molecule has 0 unspecified atom stereocenters. The van der Waals surface area contributed by atoms with Crippen LogP contribution in [-0.2, 0) is 13.6 Å². The van der Waals surface area contributed by atoms with E-state index >= 15 is 0 Å². The van der Waals surface area contributed by atoms with Crippen LogP contribution >= 0.6 is 0 Å². The molecule has 6 nitrogen and oxygen atoms in total. The molecule has 120 valence electrons. The number of nitrogens with zero attached hydrogens (tertiary/aromatic N) is 6. The van der Waals surface area contributed by atoms with Crippen LogP contribution < -0.4 is 0 Å². The molecular formula is C17H22N6. The van der Waals surface area contributed by atoms with Crippen LogP contribution in [0.15, 0.2) is 30.7 Å². The monoisotopic (exact) mass is 310 g/mol. The highest BCUT2D eigenvalue weighted by Crippen LogP contribution is 2.27. The molecule has 23 heavy (non-hydrogen) atoms. The number of aryl methyl sites for hydroxylation is 2. The summed E-state index contributed by atoms with van der Waals surface area (Å²) in [7, 11) is 1.92. The van der Waals surface area contributed by atoms with Crippen LogP contribution in [0.5, 0.6) is 0 Å². The largest absolute Gasteiger partial charge is 0.275 e. The van der Waals surface area contributed by atoms with E-state index in [1.54, 1.807) is 12.4 Å². The van der Waals surface area contributed by atoms with Crippen molar-refractivity contribution >= 4 is 0 Å². The first-order valence-electron chi connectivity index (χ1n) is 7.69. The third-order valence-electron chi connectivity index (χ3n) is 3.47. The van der Waals surface area contributed by atoms with Crippen LogP contribution in [0.1, 0.15) is 26.5 Å². The maximum absolute atomic E-state index is 4.77. The lowest BCUT2D eigenvalue weighted by Gasteiger charge is -2.18. The summed E-state index contributed by atoms with van der Waals surface area (Å²) in [6.07, 6.45) is 5.53. The highest BCUT2D eigenvalue weighted by molar-refractivity contribution is 5.62. The summed E-state index contributed by atoms with van der Waals surface area (Å²) in [5.74, 6) is 1.55. The molecule has 0 aliphatic carbocycles. The minimum absolute atomic E-state index is 0.102. The molecule has 0 amide bonds. The number of aromatic nitrogens is 6. The minimum Gasteiger partial charge on any atom is -0.275 e. The van der Waals surface area contributed by atoms with Crippen molar-refractivity contribution in [3.8, 4) is 22.8 Å². The molecule has 0 spiro atoms. The van der Waals surface area contributed by atoms with Gasteiger partial charge in [-0.3, -0.25) is 9.67 Å². The lowest BCUT2D eigenvalue weighted by atomic mass is 9.97. The van der Waals surface area contributed by atoms with Gasteiger partial charge in [0, 0.05) is 37.7 Å². The van der Waals surface area contributed by atoms with E-state index in [1.165, 1.54) is 0 Å². The summed E-state index contributed by atoms with van der Waals surface area (Å²) in [6.45, 7) is 9.36. The topological polar surface area (TPSA) is 61.4 Å². The highest BCUT2D eigenvalue weighted by atomic mass is 15.4. The second-order valence-electron chi connectivity index (χ2n) is 7.02. The summed E-state index contributed by atoms with van der Waals surface area (Å²) in [5.41, 5.74) is 2.99. The second-order valence-corrected chi connectivity index (χ2v) is 7.02. The number of rotatable bonds is 3. The van der Waals surface area contributed by atoms with Gasteiger partial charge in [-0.05, 0) is 24.5 Å². The normalized spacial score (nSPS) is 11.9. The van der Waals surface area contributed by atoms with Gasteiger partial charge in [0.15, 0.2) is 11.6 Å². The van der Waals surface area contributed by atoms with Gasteiger partial charge in [0.1, 0.15) is 0 Å². The molecule has 3 heterocycles. The number of pyridine rings is 1. The first-order chi connectivity index (χ1) is 10.8. The van der Waals surface area contributed by atoms with Crippen LogP contribution in [0, 0.1) is 12.3 Å². The average molecular weight is 310 g/mol. The quantitative estimate of drug-likeness (QED) is 0.746. The van der Waals surface area contributed by atoms with Gasteiger partial charge in [-0.1, -0.05) is 20.8 Å². The second kappa shape index (κ2) is 5.61. The molecule has 3 aromatic heterocycles. The first-order valence-corrected chi connectivity index (χ1v) is 7.69. The molecule has 0 aliphatic rings. The fourth-order valence-corrected chi connectivity index (χ4v) is 2.54. The fourth-order valence-electron chi connectivity index (χ4n) is 2.54. The van der Waals surface area contributed by atoms with Crippen molar-refractivity contribution in [1.82, 2.24) is 29.5 Å². The van der Waals surface area contributed by atoms with Crippen molar-refractivity contribution in [2.24, 2.45) is 12.5 Å². The van der Waals surface area contributed by atoms with E-state index in [-0.39, 0.29) is 5.41 Å². The van der Waals surface area contributed by atoms with Gasteiger partial charge >= 0.3 is 0 Å². The average Bonchev–Trinajstić information content (AvgIpc) is 3.01. The summed E-state index contributed by atoms with van der Waals surface area (Å²) in [5, 5.41) is 9.15. The molecule has 6 heteroatoms. The predicted octanol–water partition coefficient (Wildman–Crippen LogP) is 3.10. The molecule has 0 atom stereocenters. The highest BCUT2D eigenvalue weighted by Gasteiger charge is 2.21. The van der Waals surface area contributed by atoms with Gasteiger partial charge in [0.05, 0.1) is 11.3 Å². The Kier molecular flexibility index (Phi) is 3.75. The molecule has 3 rings (SSSR count).